The van der Waals surface area contributed by atoms with E-state index in [4.69, 9.17) is 0 Å². The fourth-order valence-electron chi connectivity index (χ4n) is 6.34. The van der Waals surface area contributed by atoms with Crippen LogP contribution in [0.5, 0.6) is 0 Å². The smallest absolute Gasteiger partial charge is 0.0347 e. The van der Waals surface area contributed by atoms with Crippen molar-refractivity contribution in [1.29, 1.82) is 0 Å². The molecule has 202 valence electrons. The molecule has 0 saturated carbocycles. The second kappa shape index (κ2) is 10.3. The Kier molecular flexibility index (Phi) is 6.05. The van der Waals surface area contributed by atoms with Crippen LogP contribution in [0.2, 0.25) is 0 Å². The van der Waals surface area contributed by atoms with Gasteiger partial charge < -0.3 is 0 Å². The van der Waals surface area contributed by atoms with E-state index in [1.54, 1.807) is 6.20 Å². The third-order valence-corrected chi connectivity index (χ3v) is 8.47. The van der Waals surface area contributed by atoms with Gasteiger partial charge in [-0.15, -0.1) is 0 Å². The Labute approximate surface area is 251 Å². The largest absolute Gasteiger partial charge is 0.264 e. The van der Waals surface area contributed by atoms with Gasteiger partial charge in [-0.2, -0.15) is 0 Å². The molecule has 0 aliphatic heterocycles. The molecule has 2 nitrogen and oxygen atoms in total. The number of aromatic nitrogens is 2. The molecular formula is C41H28N2. The predicted molar refractivity (Wildman–Crippen MR) is 181 cm³/mol. The first-order chi connectivity index (χ1) is 21.2. The summed E-state index contributed by atoms with van der Waals surface area (Å²) >= 11 is 0. The van der Waals surface area contributed by atoms with E-state index in [1.165, 1.54) is 60.1 Å². The zero-order valence-electron chi connectivity index (χ0n) is 23.8. The van der Waals surface area contributed by atoms with Gasteiger partial charge in [0.15, 0.2) is 0 Å². The third kappa shape index (κ3) is 4.45. The number of nitrogens with zero attached hydrogens (tertiary/aromatic N) is 2. The molecule has 0 spiro atoms. The number of fused-ring (bicyclic) bond motifs is 3. The van der Waals surface area contributed by atoms with Crippen molar-refractivity contribution in [2.24, 2.45) is 0 Å². The van der Waals surface area contributed by atoms with Crippen LogP contribution in [0.1, 0.15) is 5.56 Å². The molecule has 0 atom stereocenters. The molecule has 0 fully saturated rings. The lowest BCUT2D eigenvalue weighted by Crippen LogP contribution is -1.91. The van der Waals surface area contributed by atoms with Crippen LogP contribution in [0.25, 0.3) is 76.8 Å². The molecular weight excluding hydrogens is 520 g/mol. The lowest BCUT2D eigenvalue weighted by Gasteiger charge is -2.18. The zero-order chi connectivity index (χ0) is 28.8. The van der Waals surface area contributed by atoms with E-state index >= 15 is 0 Å². The molecule has 2 aromatic heterocycles. The molecule has 2 heteroatoms. The summed E-state index contributed by atoms with van der Waals surface area (Å²) in [5.74, 6) is 0. The SMILES string of the molecule is Cc1ccc(-c2c3ccccc3c(-c3ccc4cc(-c5cncc(-c6cccnc6)c5)ccc4c3)c3ccccc23)cc1. The van der Waals surface area contributed by atoms with E-state index in [0.29, 0.717) is 0 Å². The summed E-state index contributed by atoms with van der Waals surface area (Å²) in [6.07, 6.45) is 7.50. The third-order valence-electron chi connectivity index (χ3n) is 8.47. The number of hydrogen-bond donors (Lipinski definition) is 0. The van der Waals surface area contributed by atoms with Crippen molar-refractivity contribution in [3.8, 4) is 44.5 Å². The van der Waals surface area contributed by atoms with E-state index in [0.717, 1.165) is 22.3 Å². The van der Waals surface area contributed by atoms with Crippen LogP contribution in [0.4, 0.5) is 0 Å². The van der Waals surface area contributed by atoms with Gasteiger partial charge in [0.2, 0.25) is 0 Å². The molecule has 0 radical (unpaired) electrons. The van der Waals surface area contributed by atoms with Crippen LogP contribution >= 0.6 is 0 Å². The molecule has 0 unspecified atom stereocenters. The first kappa shape index (κ1) is 25.1. The number of pyridine rings is 2. The number of hydrogen-bond acceptors (Lipinski definition) is 2. The first-order valence-corrected chi connectivity index (χ1v) is 14.6. The average molecular weight is 549 g/mol. The fraction of sp³-hybridized carbons (Fsp3) is 0.0244. The summed E-state index contributed by atoms with van der Waals surface area (Å²) in [7, 11) is 0. The number of rotatable bonds is 4. The highest BCUT2D eigenvalue weighted by Gasteiger charge is 2.16. The van der Waals surface area contributed by atoms with Crippen LogP contribution in [0.15, 0.2) is 152 Å². The normalized spacial score (nSPS) is 11.4. The van der Waals surface area contributed by atoms with Crippen molar-refractivity contribution in [2.75, 3.05) is 0 Å². The molecule has 0 aliphatic carbocycles. The second-order valence-electron chi connectivity index (χ2n) is 11.2. The van der Waals surface area contributed by atoms with Gasteiger partial charge in [-0.05, 0) is 91.3 Å². The van der Waals surface area contributed by atoms with Gasteiger partial charge in [0.25, 0.3) is 0 Å². The van der Waals surface area contributed by atoms with Crippen LogP contribution < -0.4 is 0 Å². The van der Waals surface area contributed by atoms with E-state index < -0.39 is 0 Å². The van der Waals surface area contributed by atoms with Gasteiger partial charge in [-0.25, -0.2) is 0 Å². The molecule has 0 N–H and O–H groups in total. The first-order valence-electron chi connectivity index (χ1n) is 14.6. The minimum atomic E-state index is 1.06. The van der Waals surface area contributed by atoms with Gasteiger partial charge in [-0.3, -0.25) is 9.97 Å². The Morgan fingerprint density at radius 3 is 1.49 bits per heavy atom. The molecule has 2 heterocycles. The highest BCUT2D eigenvalue weighted by atomic mass is 14.6. The average Bonchev–Trinajstić information content (AvgIpc) is 3.07. The molecule has 0 saturated heterocycles. The highest BCUT2D eigenvalue weighted by molar-refractivity contribution is 6.21. The van der Waals surface area contributed by atoms with Crippen molar-refractivity contribution in [1.82, 2.24) is 9.97 Å². The van der Waals surface area contributed by atoms with Crippen molar-refractivity contribution in [2.45, 2.75) is 6.92 Å². The second-order valence-corrected chi connectivity index (χ2v) is 11.2. The van der Waals surface area contributed by atoms with Gasteiger partial charge in [0, 0.05) is 41.5 Å². The maximum absolute atomic E-state index is 4.53. The number of aryl methyl sites for hydroxylation is 1. The Hall–Kier alpha value is -5.60. The van der Waals surface area contributed by atoms with Gasteiger partial charge in [-0.1, -0.05) is 109 Å². The van der Waals surface area contributed by atoms with Gasteiger partial charge in [0.05, 0.1) is 0 Å². The molecule has 8 rings (SSSR count). The molecule has 0 bridgehead atoms. The topological polar surface area (TPSA) is 25.8 Å². The maximum Gasteiger partial charge on any atom is 0.0347 e. The number of benzene rings is 6. The van der Waals surface area contributed by atoms with Crippen molar-refractivity contribution < 1.29 is 0 Å². The van der Waals surface area contributed by atoms with E-state index in [2.05, 4.69) is 138 Å². The standard InChI is InChI=1S/C41H28N2/c1-27-12-14-28(15-13-27)40-36-8-2-4-10-38(36)41(39-11-5-3-9-37(39)40)32-19-18-29-21-31(17-16-30(29)22-32)34-23-35(26-43-25-34)33-7-6-20-42-24-33/h2-26H,1H3. The Morgan fingerprint density at radius 2 is 0.884 bits per heavy atom. The van der Waals surface area contributed by atoms with Crippen LogP contribution in [-0.4, -0.2) is 9.97 Å². The van der Waals surface area contributed by atoms with Crippen LogP contribution in [0, 0.1) is 6.92 Å². The molecule has 0 aliphatic rings. The Balaban J connectivity index is 1.28. The van der Waals surface area contributed by atoms with E-state index in [9.17, 15) is 0 Å². The Morgan fingerprint density at radius 1 is 0.372 bits per heavy atom. The van der Waals surface area contributed by atoms with Crippen molar-refractivity contribution >= 4 is 32.3 Å². The van der Waals surface area contributed by atoms with Crippen molar-refractivity contribution in [3.05, 3.63) is 158 Å². The van der Waals surface area contributed by atoms with Gasteiger partial charge >= 0.3 is 0 Å². The van der Waals surface area contributed by atoms with E-state index in [-0.39, 0.29) is 0 Å². The minimum absolute atomic E-state index is 1.06. The summed E-state index contributed by atoms with van der Waals surface area (Å²) < 4.78 is 0. The van der Waals surface area contributed by atoms with Crippen LogP contribution in [0.3, 0.4) is 0 Å². The summed E-state index contributed by atoms with van der Waals surface area (Å²) in [4.78, 5) is 8.81. The summed E-state index contributed by atoms with van der Waals surface area (Å²) in [6, 6.07) is 46.4. The Bertz CT molecular complexity index is 2230. The summed E-state index contributed by atoms with van der Waals surface area (Å²) in [6.45, 7) is 2.14. The monoisotopic (exact) mass is 548 g/mol. The lowest BCUT2D eigenvalue weighted by molar-refractivity contribution is 1.30. The highest BCUT2D eigenvalue weighted by Crippen LogP contribution is 2.44. The summed E-state index contributed by atoms with van der Waals surface area (Å²) in [5.41, 5.74) is 10.7. The fourth-order valence-corrected chi connectivity index (χ4v) is 6.34. The zero-order valence-corrected chi connectivity index (χ0v) is 23.8. The molecule has 43 heavy (non-hydrogen) atoms. The summed E-state index contributed by atoms with van der Waals surface area (Å²) in [5, 5.41) is 7.51. The van der Waals surface area contributed by atoms with Gasteiger partial charge in [0.1, 0.15) is 0 Å². The van der Waals surface area contributed by atoms with Crippen LogP contribution in [-0.2, 0) is 0 Å². The lowest BCUT2D eigenvalue weighted by atomic mass is 9.85. The maximum atomic E-state index is 4.53. The minimum Gasteiger partial charge on any atom is -0.264 e. The van der Waals surface area contributed by atoms with Crippen molar-refractivity contribution in [3.63, 3.8) is 0 Å². The van der Waals surface area contributed by atoms with E-state index in [1.807, 2.05) is 24.7 Å². The molecule has 0 amide bonds. The predicted octanol–water partition coefficient (Wildman–Crippen LogP) is 10.9. The molecule has 8 aromatic rings. The quantitative estimate of drug-likeness (QED) is 0.204. The molecule has 6 aromatic carbocycles.